The Balaban J connectivity index is 1.95. The van der Waals surface area contributed by atoms with Crippen molar-refractivity contribution in [2.75, 3.05) is 0 Å². The lowest BCUT2D eigenvalue weighted by molar-refractivity contribution is -0.386. The second kappa shape index (κ2) is 7.43. The largest absolute Gasteiger partial charge is 0.478 e. The first kappa shape index (κ1) is 19.5. The number of hydrogen-bond donors (Lipinski definition) is 0. The third kappa shape index (κ3) is 4.03. The number of halogens is 4. The fourth-order valence-electron chi connectivity index (χ4n) is 2.43. The predicted octanol–water partition coefficient (Wildman–Crippen LogP) is 4.13. The highest BCUT2D eigenvalue weighted by Gasteiger charge is 2.35. The third-order valence-electron chi connectivity index (χ3n) is 3.70. The molecule has 0 N–H and O–H groups in total. The van der Waals surface area contributed by atoms with Crippen LogP contribution in [0.1, 0.15) is 17.0 Å². The van der Waals surface area contributed by atoms with Gasteiger partial charge >= 0.3 is 11.9 Å². The average Bonchev–Trinajstić information content (AvgIpc) is 3.07. The molecule has 0 saturated heterocycles. The van der Waals surface area contributed by atoms with E-state index in [4.69, 9.17) is 16.3 Å². The summed E-state index contributed by atoms with van der Waals surface area (Å²) in [5, 5.41) is 21.6. The van der Waals surface area contributed by atoms with Crippen LogP contribution in [0.3, 0.4) is 0 Å². The fourth-order valence-corrected chi connectivity index (χ4v) is 2.61. The molecule has 0 aliphatic heterocycles. The molecule has 0 aliphatic carbocycles. The van der Waals surface area contributed by atoms with E-state index in [1.807, 2.05) is 0 Å². The molecule has 3 aromatic rings. The van der Waals surface area contributed by atoms with E-state index in [1.54, 1.807) is 13.0 Å². The molecule has 1 aromatic heterocycles. The Morgan fingerprint density at radius 1 is 1.25 bits per heavy atom. The van der Waals surface area contributed by atoms with Crippen LogP contribution < -0.4 is 4.74 Å². The first-order valence-corrected chi connectivity index (χ1v) is 8.07. The van der Waals surface area contributed by atoms with E-state index in [9.17, 15) is 23.3 Å². The van der Waals surface area contributed by atoms with Gasteiger partial charge in [0.25, 0.3) is 0 Å². The van der Waals surface area contributed by atoms with Crippen LogP contribution in [0.25, 0.3) is 5.69 Å². The number of ether oxygens (including phenoxy) is 1. The lowest BCUT2D eigenvalue weighted by atomic mass is 10.1. The Hall–Kier alpha value is -3.21. The number of alkyl halides is 3. The van der Waals surface area contributed by atoms with Gasteiger partial charge in [0.2, 0.25) is 0 Å². The number of benzene rings is 2. The number of nitrogens with zero attached hydrogens (tertiary/aromatic N) is 5. The molecule has 0 atom stereocenters. The quantitative estimate of drug-likeness (QED) is 0.461. The van der Waals surface area contributed by atoms with E-state index >= 15 is 0 Å². The Morgan fingerprint density at radius 3 is 2.68 bits per heavy atom. The molecule has 0 fully saturated rings. The molecular weight excluding hydrogens is 403 g/mol. The van der Waals surface area contributed by atoms with Gasteiger partial charge in [-0.25, -0.2) is 0 Å². The third-order valence-corrected chi connectivity index (χ3v) is 3.93. The molecule has 0 amide bonds. The monoisotopic (exact) mass is 413 g/mol. The van der Waals surface area contributed by atoms with Gasteiger partial charge in [0.1, 0.15) is 0 Å². The first-order valence-electron chi connectivity index (χ1n) is 7.69. The minimum atomic E-state index is -4.69. The molecule has 146 valence electrons. The first-order chi connectivity index (χ1) is 13.2. The second-order valence-corrected chi connectivity index (χ2v) is 6.12. The number of rotatable bonds is 5. The SMILES string of the molecule is Cc1ccc([N+](=O)[O-])c(OCc2nnnn2-c2ccc(Cl)cc2C(F)(F)F)c1. The van der Waals surface area contributed by atoms with Gasteiger partial charge in [0.15, 0.2) is 18.2 Å². The number of nitro benzene ring substituents is 1. The smallest absolute Gasteiger partial charge is 0.418 e. The molecule has 0 aliphatic rings. The Morgan fingerprint density at radius 2 is 2.00 bits per heavy atom. The van der Waals surface area contributed by atoms with Crippen molar-refractivity contribution in [2.45, 2.75) is 19.7 Å². The van der Waals surface area contributed by atoms with Crippen LogP contribution in [0.5, 0.6) is 5.75 Å². The second-order valence-electron chi connectivity index (χ2n) is 5.68. The molecule has 3 rings (SSSR count). The van der Waals surface area contributed by atoms with Crippen LogP contribution in [-0.4, -0.2) is 25.1 Å². The Bertz CT molecular complexity index is 1040. The Kier molecular flexibility index (Phi) is 5.18. The van der Waals surface area contributed by atoms with Gasteiger partial charge in [-0.05, 0) is 47.2 Å². The molecule has 0 bridgehead atoms. The maximum absolute atomic E-state index is 13.3. The zero-order valence-electron chi connectivity index (χ0n) is 14.1. The molecule has 0 spiro atoms. The maximum Gasteiger partial charge on any atom is 0.418 e. The van der Waals surface area contributed by atoms with Crippen LogP contribution in [-0.2, 0) is 12.8 Å². The summed E-state index contributed by atoms with van der Waals surface area (Å²) in [7, 11) is 0. The van der Waals surface area contributed by atoms with Gasteiger partial charge in [-0.2, -0.15) is 17.9 Å². The van der Waals surface area contributed by atoms with E-state index in [-0.39, 0.29) is 28.0 Å². The summed E-state index contributed by atoms with van der Waals surface area (Å²) >= 11 is 5.68. The van der Waals surface area contributed by atoms with E-state index in [1.165, 1.54) is 18.2 Å². The summed E-state index contributed by atoms with van der Waals surface area (Å²) in [6.07, 6.45) is -4.69. The molecule has 2 aromatic carbocycles. The van der Waals surface area contributed by atoms with Crippen LogP contribution in [0.2, 0.25) is 5.02 Å². The topological polar surface area (TPSA) is 96.0 Å². The lowest BCUT2D eigenvalue weighted by Crippen LogP contribution is -2.14. The van der Waals surface area contributed by atoms with E-state index < -0.39 is 23.3 Å². The summed E-state index contributed by atoms with van der Waals surface area (Å²) in [6, 6.07) is 7.40. The summed E-state index contributed by atoms with van der Waals surface area (Å²) in [5.74, 6) is -0.129. The van der Waals surface area contributed by atoms with Crippen molar-refractivity contribution in [3.63, 3.8) is 0 Å². The van der Waals surface area contributed by atoms with Gasteiger partial charge in [-0.15, -0.1) is 5.10 Å². The van der Waals surface area contributed by atoms with Crippen molar-refractivity contribution in [2.24, 2.45) is 0 Å². The lowest BCUT2D eigenvalue weighted by Gasteiger charge is -2.14. The van der Waals surface area contributed by atoms with Gasteiger partial charge in [-0.1, -0.05) is 17.7 Å². The predicted molar refractivity (Wildman–Crippen MR) is 91.3 cm³/mol. The summed E-state index contributed by atoms with van der Waals surface area (Å²) in [6.45, 7) is 1.32. The molecule has 0 radical (unpaired) electrons. The minimum absolute atomic E-state index is 0.0494. The summed E-state index contributed by atoms with van der Waals surface area (Å²) in [5.41, 5.74) is -0.960. The van der Waals surface area contributed by atoms with Crippen molar-refractivity contribution in [3.8, 4) is 11.4 Å². The summed E-state index contributed by atoms with van der Waals surface area (Å²) in [4.78, 5) is 10.5. The van der Waals surface area contributed by atoms with E-state index in [2.05, 4.69) is 15.5 Å². The highest BCUT2D eigenvalue weighted by molar-refractivity contribution is 6.30. The zero-order valence-corrected chi connectivity index (χ0v) is 14.9. The number of hydrogen-bond acceptors (Lipinski definition) is 6. The highest BCUT2D eigenvalue weighted by atomic mass is 35.5. The zero-order chi connectivity index (χ0) is 20.5. The minimum Gasteiger partial charge on any atom is -0.478 e. The van der Waals surface area contributed by atoms with Crippen molar-refractivity contribution in [1.82, 2.24) is 20.2 Å². The van der Waals surface area contributed by atoms with Crippen molar-refractivity contribution in [3.05, 3.63) is 68.5 Å². The molecular formula is C16H11ClF3N5O3. The Labute approximate surface area is 160 Å². The number of nitro groups is 1. The van der Waals surface area contributed by atoms with Crippen LogP contribution >= 0.6 is 11.6 Å². The summed E-state index contributed by atoms with van der Waals surface area (Å²) < 4.78 is 46.3. The van der Waals surface area contributed by atoms with Gasteiger partial charge in [0.05, 0.1) is 16.2 Å². The van der Waals surface area contributed by atoms with Crippen molar-refractivity contribution < 1.29 is 22.8 Å². The molecule has 8 nitrogen and oxygen atoms in total. The van der Waals surface area contributed by atoms with E-state index in [0.29, 0.717) is 5.56 Å². The average molecular weight is 414 g/mol. The van der Waals surface area contributed by atoms with Crippen LogP contribution in [0.15, 0.2) is 36.4 Å². The van der Waals surface area contributed by atoms with Crippen LogP contribution in [0, 0.1) is 17.0 Å². The van der Waals surface area contributed by atoms with Crippen LogP contribution in [0.4, 0.5) is 18.9 Å². The standard InChI is InChI=1S/C16H11ClF3N5O3/c1-9-2-4-13(25(26)27)14(6-9)28-8-15-21-22-23-24(15)12-5-3-10(17)7-11(12)16(18,19)20/h2-7H,8H2,1H3. The maximum atomic E-state index is 13.3. The van der Waals surface area contributed by atoms with Gasteiger partial charge < -0.3 is 4.74 Å². The van der Waals surface area contributed by atoms with Crippen molar-refractivity contribution >= 4 is 17.3 Å². The highest BCUT2D eigenvalue weighted by Crippen LogP contribution is 2.35. The molecule has 28 heavy (non-hydrogen) atoms. The van der Waals surface area contributed by atoms with E-state index in [0.717, 1.165) is 16.8 Å². The molecule has 12 heteroatoms. The number of aromatic nitrogens is 4. The normalized spacial score (nSPS) is 11.5. The number of tetrazole rings is 1. The molecule has 0 unspecified atom stereocenters. The molecule has 0 saturated carbocycles. The van der Waals surface area contributed by atoms with Gasteiger partial charge in [-0.3, -0.25) is 10.1 Å². The fraction of sp³-hybridized carbons (Fsp3) is 0.188. The van der Waals surface area contributed by atoms with Gasteiger partial charge in [0, 0.05) is 11.1 Å². The number of aryl methyl sites for hydroxylation is 1. The van der Waals surface area contributed by atoms with Crippen molar-refractivity contribution in [1.29, 1.82) is 0 Å². The molecule has 1 heterocycles.